The second-order valence-electron chi connectivity index (χ2n) is 7.88. The van der Waals surface area contributed by atoms with Crippen LogP contribution in [0.3, 0.4) is 0 Å². The molecule has 11 heteroatoms. The maximum Gasteiger partial charge on any atom is 0.266 e. The van der Waals surface area contributed by atoms with Crippen molar-refractivity contribution in [1.29, 1.82) is 0 Å². The highest BCUT2D eigenvalue weighted by Gasteiger charge is 2.45. The van der Waals surface area contributed by atoms with Crippen LogP contribution in [0.5, 0.6) is 0 Å². The Morgan fingerprint density at radius 2 is 1.57 bits per heavy atom. The Balaban J connectivity index is 1.62. The summed E-state index contributed by atoms with van der Waals surface area (Å²) in [6.45, 7) is -0.619. The molecule has 10 nitrogen and oxygen atoms in total. The second-order valence-corrected chi connectivity index (χ2v) is 7.88. The Morgan fingerprint density at radius 3 is 2.11 bits per heavy atom. The van der Waals surface area contributed by atoms with Gasteiger partial charge in [0.1, 0.15) is 18.5 Å². The Bertz CT molecular complexity index is 1320. The summed E-state index contributed by atoms with van der Waals surface area (Å²) in [6, 6.07) is 16.5. The van der Waals surface area contributed by atoms with Gasteiger partial charge in [-0.3, -0.25) is 14.2 Å². The van der Waals surface area contributed by atoms with Crippen LogP contribution in [0.2, 0.25) is 0 Å². The zero-order valence-electron chi connectivity index (χ0n) is 18.2. The summed E-state index contributed by atoms with van der Waals surface area (Å²) in [4.78, 5) is 40.5. The molecule has 35 heavy (non-hydrogen) atoms. The number of nitrogens with zero attached hydrogens (tertiary/aromatic N) is 5. The van der Waals surface area contributed by atoms with E-state index in [0.717, 1.165) is 11.2 Å². The molecule has 1 saturated heterocycles. The number of imide groups is 1. The van der Waals surface area contributed by atoms with Gasteiger partial charge in [-0.2, -0.15) is 0 Å². The zero-order chi connectivity index (χ0) is 24.5. The lowest BCUT2D eigenvalue weighted by atomic mass is 10.1. The van der Waals surface area contributed by atoms with Crippen molar-refractivity contribution in [2.75, 3.05) is 11.5 Å². The normalized spacial score (nSPS) is 21.8. The summed E-state index contributed by atoms with van der Waals surface area (Å²) >= 11 is 0. The lowest BCUT2D eigenvalue weighted by Crippen LogP contribution is -2.38. The van der Waals surface area contributed by atoms with Gasteiger partial charge in [0.2, 0.25) is 0 Å². The van der Waals surface area contributed by atoms with Crippen molar-refractivity contribution < 1.29 is 28.9 Å². The van der Waals surface area contributed by atoms with E-state index in [1.165, 1.54) is 10.9 Å². The van der Waals surface area contributed by atoms with Gasteiger partial charge in [0.05, 0.1) is 12.9 Å². The van der Waals surface area contributed by atoms with Crippen molar-refractivity contribution in [3.8, 4) is 0 Å². The lowest BCUT2D eigenvalue weighted by molar-refractivity contribution is -0.0495. The van der Waals surface area contributed by atoms with Crippen LogP contribution in [0.15, 0.2) is 73.3 Å². The maximum atomic E-state index is 14.3. The number of carbonyl (C=O) groups excluding carboxylic acids is 2. The Labute approximate surface area is 198 Å². The largest absolute Gasteiger partial charge is 0.394 e. The van der Waals surface area contributed by atoms with E-state index in [0.29, 0.717) is 0 Å². The number of anilines is 1. The molecule has 2 aromatic heterocycles. The van der Waals surface area contributed by atoms with Gasteiger partial charge in [-0.25, -0.2) is 24.2 Å². The van der Waals surface area contributed by atoms with E-state index in [9.17, 15) is 24.2 Å². The average Bonchev–Trinajstić information content (AvgIpc) is 3.46. The average molecular weight is 477 g/mol. The smallest absolute Gasteiger partial charge is 0.266 e. The van der Waals surface area contributed by atoms with E-state index in [1.54, 1.807) is 60.7 Å². The Kier molecular flexibility index (Phi) is 6.03. The molecule has 0 radical (unpaired) electrons. The molecular weight excluding hydrogens is 457 g/mol. The van der Waals surface area contributed by atoms with Gasteiger partial charge in [0, 0.05) is 11.1 Å². The van der Waals surface area contributed by atoms with Crippen LogP contribution >= 0.6 is 0 Å². The van der Waals surface area contributed by atoms with Crippen molar-refractivity contribution in [2.45, 2.75) is 24.6 Å². The Hall–Kier alpha value is -4.06. The number of rotatable bonds is 5. The molecule has 0 saturated carbocycles. The first-order valence-corrected chi connectivity index (χ1v) is 10.8. The van der Waals surface area contributed by atoms with Crippen molar-refractivity contribution in [2.24, 2.45) is 0 Å². The van der Waals surface area contributed by atoms with Crippen LogP contribution < -0.4 is 4.90 Å². The fourth-order valence-corrected chi connectivity index (χ4v) is 3.98. The van der Waals surface area contributed by atoms with Crippen molar-refractivity contribution in [3.05, 3.63) is 84.4 Å². The van der Waals surface area contributed by atoms with Gasteiger partial charge >= 0.3 is 0 Å². The first-order chi connectivity index (χ1) is 17.0. The lowest BCUT2D eigenvalue weighted by Gasteiger charge is -2.21. The molecule has 0 bridgehead atoms. The molecular formula is C24H20FN5O5. The molecule has 0 aliphatic carbocycles. The summed E-state index contributed by atoms with van der Waals surface area (Å²) in [5.41, 5.74) is 0.684. The summed E-state index contributed by atoms with van der Waals surface area (Å²) < 4.78 is 21.1. The molecule has 3 heterocycles. The number of hydrogen-bond acceptors (Lipinski definition) is 8. The minimum atomic E-state index is -1.82. The third kappa shape index (κ3) is 3.95. The molecule has 1 aliphatic heterocycles. The van der Waals surface area contributed by atoms with Crippen LogP contribution in [0.4, 0.5) is 10.2 Å². The third-order valence-electron chi connectivity index (χ3n) is 5.74. The van der Waals surface area contributed by atoms with Crippen molar-refractivity contribution in [3.63, 3.8) is 0 Å². The van der Waals surface area contributed by atoms with E-state index in [-0.39, 0.29) is 28.1 Å². The summed E-state index contributed by atoms with van der Waals surface area (Å²) in [6.07, 6.45) is -3.46. The van der Waals surface area contributed by atoms with Gasteiger partial charge in [-0.1, -0.05) is 36.4 Å². The SMILES string of the molecule is O=C(c1ccccc1)N(C(=O)c1ccccc1)c1ncnc2c1ncn2[C@@H]1O[C@H](CO)[C@@H](F)[C@H]1O. The van der Waals surface area contributed by atoms with E-state index in [1.807, 2.05) is 0 Å². The number of alkyl halides is 1. The van der Waals surface area contributed by atoms with Crippen molar-refractivity contribution in [1.82, 2.24) is 19.5 Å². The van der Waals surface area contributed by atoms with Crippen LogP contribution in [0, 0.1) is 0 Å². The molecule has 2 amide bonds. The fraction of sp³-hybridized carbons (Fsp3) is 0.208. The number of hydrogen-bond donors (Lipinski definition) is 2. The number of aliphatic hydroxyl groups is 2. The summed E-state index contributed by atoms with van der Waals surface area (Å²) in [5, 5.41) is 19.7. The number of carbonyl (C=O) groups is 2. The molecule has 2 N–H and O–H groups in total. The van der Waals surface area contributed by atoms with Crippen LogP contribution in [0.1, 0.15) is 26.9 Å². The highest BCUT2D eigenvalue weighted by atomic mass is 19.1. The molecule has 1 aliphatic rings. The molecule has 2 aromatic carbocycles. The zero-order valence-corrected chi connectivity index (χ0v) is 18.2. The highest BCUT2D eigenvalue weighted by Crippen LogP contribution is 2.34. The third-order valence-corrected chi connectivity index (χ3v) is 5.74. The number of benzene rings is 2. The van der Waals surface area contributed by atoms with Crippen molar-refractivity contribution >= 4 is 28.8 Å². The topological polar surface area (TPSA) is 131 Å². The monoisotopic (exact) mass is 477 g/mol. The molecule has 0 spiro atoms. The number of aromatic nitrogens is 4. The Morgan fingerprint density at radius 1 is 0.971 bits per heavy atom. The van der Waals surface area contributed by atoms with Gasteiger partial charge < -0.3 is 14.9 Å². The van der Waals surface area contributed by atoms with Crippen LogP contribution in [0.25, 0.3) is 11.2 Å². The van der Waals surface area contributed by atoms with E-state index in [2.05, 4.69) is 15.0 Å². The van der Waals surface area contributed by atoms with E-state index in [4.69, 9.17) is 4.74 Å². The van der Waals surface area contributed by atoms with Gasteiger partial charge in [-0.15, -0.1) is 0 Å². The predicted octanol–water partition coefficient (Wildman–Crippen LogP) is 1.90. The number of halogens is 1. The summed E-state index contributed by atoms with van der Waals surface area (Å²) in [5.74, 6) is -1.34. The minimum absolute atomic E-state index is 0.0692. The molecule has 4 aromatic rings. The first-order valence-electron chi connectivity index (χ1n) is 10.8. The van der Waals surface area contributed by atoms with Crippen LogP contribution in [-0.4, -0.2) is 66.5 Å². The second kappa shape index (κ2) is 9.29. The summed E-state index contributed by atoms with van der Waals surface area (Å²) in [7, 11) is 0. The number of imidazole rings is 1. The fourth-order valence-electron chi connectivity index (χ4n) is 3.98. The van der Waals surface area contributed by atoms with Gasteiger partial charge in [0.15, 0.2) is 29.4 Å². The molecule has 5 rings (SSSR count). The number of aliphatic hydroxyl groups excluding tert-OH is 2. The first kappa shape index (κ1) is 22.7. The maximum absolute atomic E-state index is 14.3. The molecule has 0 unspecified atom stereocenters. The van der Waals surface area contributed by atoms with Crippen LogP contribution in [-0.2, 0) is 4.74 Å². The number of fused-ring (bicyclic) bond motifs is 1. The van der Waals surface area contributed by atoms with E-state index < -0.39 is 43.0 Å². The van der Waals surface area contributed by atoms with Gasteiger partial charge in [-0.05, 0) is 24.3 Å². The minimum Gasteiger partial charge on any atom is -0.394 e. The predicted molar refractivity (Wildman–Crippen MR) is 121 cm³/mol. The van der Waals surface area contributed by atoms with Gasteiger partial charge in [0.25, 0.3) is 11.8 Å². The molecule has 1 fully saturated rings. The molecule has 4 atom stereocenters. The quantitative estimate of drug-likeness (QED) is 0.417. The standard InChI is InChI=1S/C24H20FN5O5/c25-17-16(11-31)35-24(19(17)32)29-13-28-18-20(29)26-12-27-21(18)30(22(33)14-7-3-1-4-8-14)23(34)15-9-5-2-6-10-15/h1-10,12-13,16-17,19,24,31-32H,11H2/t16-,17-,19-,24-/m1/s1. The highest BCUT2D eigenvalue weighted by molar-refractivity contribution is 6.27. The number of amides is 2. The molecule has 178 valence electrons. The number of ether oxygens (including phenoxy) is 1. The van der Waals surface area contributed by atoms with E-state index >= 15 is 0 Å².